The van der Waals surface area contributed by atoms with Crippen molar-refractivity contribution in [2.45, 2.75) is 32.6 Å². The average Bonchev–Trinajstić information content (AvgIpc) is 2.73. The van der Waals surface area contributed by atoms with Gasteiger partial charge in [0.2, 0.25) is 5.75 Å². The smallest absolute Gasteiger partial charge is 0.311 e. The predicted molar refractivity (Wildman–Crippen MR) is 116 cm³/mol. The highest BCUT2D eigenvalue weighted by Gasteiger charge is 2.47. The Morgan fingerprint density at radius 1 is 1.17 bits per heavy atom. The third-order valence-electron chi connectivity index (χ3n) is 6.06. The number of rotatable bonds is 5. The number of ether oxygens (including phenoxy) is 1. The molecular formula is C23H25ClN2O4. The highest BCUT2D eigenvalue weighted by atomic mass is 35.5. The first-order valence-electron chi connectivity index (χ1n) is 10.3. The first-order chi connectivity index (χ1) is 14.4. The van der Waals surface area contributed by atoms with Crippen molar-refractivity contribution in [1.82, 2.24) is 4.90 Å². The van der Waals surface area contributed by atoms with Crippen LogP contribution in [0.4, 0.5) is 5.69 Å². The van der Waals surface area contributed by atoms with Gasteiger partial charge in [0.15, 0.2) is 5.78 Å². The van der Waals surface area contributed by atoms with E-state index < -0.39 is 10.3 Å². The van der Waals surface area contributed by atoms with E-state index in [4.69, 9.17) is 16.3 Å². The molecule has 30 heavy (non-hydrogen) atoms. The largest absolute Gasteiger partial charge is 0.485 e. The highest BCUT2D eigenvalue weighted by molar-refractivity contribution is 6.30. The Kier molecular flexibility index (Phi) is 5.80. The number of hydrogen-bond donors (Lipinski definition) is 0. The van der Waals surface area contributed by atoms with Crippen molar-refractivity contribution in [3.05, 3.63) is 68.2 Å². The number of carbonyl (C=O) groups is 1. The van der Waals surface area contributed by atoms with Crippen molar-refractivity contribution in [1.29, 1.82) is 0 Å². The molecule has 0 N–H and O–H groups in total. The minimum absolute atomic E-state index is 0.0731. The number of nitro benzene ring substituents is 1. The Balaban J connectivity index is 1.75. The fraction of sp³-hybridized carbons (Fsp3) is 0.435. The Morgan fingerprint density at radius 3 is 2.53 bits per heavy atom. The van der Waals surface area contributed by atoms with E-state index in [1.54, 1.807) is 13.0 Å². The molecule has 0 unspecified atom stereocenters. The number of benzene rings is 2. The summed E-state index contributed by atoms with van der Waals surface area (Å²) in [6.45, 7) is 4.38. The standard InChI is InChI=1S/C23H25ClN2O4/c1-16-11-19-21(20(12-16)26(28)29)30-15-23(22(19)27,14-25-9-3-2-4-10-25)13-17-5-7-18(24)8-6-17/h5-8,11-12H,2-4,9-10,13-15H2,1H3/t23-/m0/s1. The maximum Gasteiger partial charge on any atom is 0.311 e. The molecule has 2 aromatic carbocycles. The topological polar surface area (TPSA) is 72.7 Å². The predicted octanol–water partition coefficient (Wildman–Crippen LogP) is 4.85. The van der Waals surface area contributed by atoms with E-state index in [-0.39, 0.29) is 23.8 Å². The van der Waals surface area contributed by atoms with E-state index in [9.17, 15) is 14.9 Å². The number of carbonyl (C=O) groups excluding carboxylic acids is 1. The molecule has 1 saturated heterocycles. The van der Waals surface area contributed by atoms with Crippen LogP contribution in [0.2, 0.25) is 5.02 Å². The lowest BCUT2D eigenvalue weighted by molar-refractivity contribution is -0.386. The molecule has 1 atom stereocenters. The summed E-state index contributed by atoms with van der Waals surface area (Å²) in [5, 5.41) is 12.2. The SMILES string of the molecule is Cc1cc2c(c([N+](=O)[O-])c1)OC[C@](Cc1ccc(Cl)cc1)(CN1CCCCC1)C2=O. The van der Waals surface area contributed by atoms with Crippen molar-refractivity contribution >= 4 is 23.1 Å². The van der Waals surface area contributed by atoms with E-state index >= 15 is 0 Å². The molecule has 4 rings (SSSR count). The molecule has 6 nitrogen and oxygen atoms in total. The number of aryl methyl sites for hydroxylation is 1. The number of nitro groups is 1. The molecule has 0 radical (unpaired) electrons. The molecule has 7 heteroatoms. The molecule has 0 spiro atoms. The van der Waals surface area contributed by atoms with Gasteiger partial charge in [0.05, 0.1) is 15.9 Å². The van der Waals surface area contributed by atoms with Gasteiger partial charge >= 0.3 is 5.69 Å². The number of hydrogen-bond acceptors (Lipinski definition) is 5. The molecule has 0 saturated carbocycles. The van der Waals surface area contributed by atoms with Crippen LogP contribution in [0.25, 0.3) is 0 Å². The lowest BCUT2D eigenvalue weighted by Gasteiger charge is -2.41. The molecule has 1 fully saturated rings. The zero-order valence-electron chi connectivity index (χ0n) is 17.0. The van der Waals surface area contributed by atoms with Crippen LogP contribution in [-0.2, 0) is 6.42 Å². The number of Topliss-reactive ketones (excluding diaryl/α,β-unsaturated/α-hetero) is 1. The van der Waals surface area contributed by atoms with E-state index in [2.05, 4.69) is 4.90 Å². The average molecular weight is 429 g/mol. The number of likely N-dealkylation sites (tertiary alicyclic amines) is 1. The summed E-state index contributed by atoms with van der Waals surface area (Å²) in [5.74, 6) is 0.0250. The molecule has 0 aromatic heterocycles. The first kappa shape index (κ1) is 20.8. The lowest BCUT2D eigenvalue weighted by Crippen LogP contribution is -2.51. The summed E-state index contributed by atoms with van der Waals surface area (Å²) in [4.78, 5) is 27.2. The Labute approximate surface area is 180 Å². The number of nitrogens with zero attached hydrogens (tertiary/aromatic N) is 2. The second-order valence-electron chi connectivity index (χ2n) is 8.46. The number of halogens is 1. The van der Waals surface area contributed by atoms with Gasteiger partial charge < -0.3 is 9.64 Å². The summed E-state index contributed by atoms with van der Waals surface area (Å²) >= 11 is 6.04. The Hall–Kier alpha value is -2.44. The first-order valence-corrected chi connectivity index (χ1v) is 10.7. The fourth-order valence-electron chi connectivity index (χ4n) is 4.61. The van der Waals surface area contributed by atoms with Crippen LogP contribution in [0, 0.1) is 22.5 Å². The van der Waals surface area contributed by atoms with Crippen LogP contribution in [0.1, 0.15) is 40.7 Å². The van der Waals surface area contributed by atoms with Crippen molar-refractivity contribution in [2.24, 2.45) is 5.41 Å². The van der Waals surface area contributed by atoms with Crippen LogP contribution in [0.5, 0.6) is 5.75 Å². The van der Waals surface area contributed by atoms with Crippen LogP contribution >= 0.6 is 11.6 Å². The van der Waals surface area contributed by atoms with Gasteiger partial charge in [-0.1, -0.05) is 30.2 Å². The molecule has 158 valence electrons. The van der Waals surface area contributed by atoms with Gasteiger partial charge in [0.1, 0.15) is 6.61 Å². The van der Waals surface area contributed by atoms with E-state index in [0.29, 0.717) is 29.1 Å². The Morgan fingerprint density at radius 2 is 1.87 bits per heavy atom. The number of piperidine rings is 1. The fourth-order valence-corrected chi connectivity index (χ4v) is 4.74. The van der Waals surface area contributed by atoms with Gasteiger partial charge in [-0.25, -0.2) is 0 Å². The molecule has 2 aromatic rings. The number of fused-ring (bicyclic) bond motifs is 1. The molecular weight excluding hydrogens is 404 g/mol. The molecule has 2 aliphatic heterocycles. The molecule has 2 aliphatic rings. The Bertz CT molecular complexity index is 970. The summed E-state index contributed by atoms with van der Waals surface area (Å²) in [6, 6.07) is 10.7. The van der Waals surface area contributed by atoms with Crippen LogP contribution in [0.15, 0.2) is 36.4 Å². The van der Waals surface area contributed by atoms with Crippen molar-refractivity contribution < 1.29 is 14.5 Å². The van der Waals surface area contributed by atoms with E-state index in [0.717, 1.165) is 31.5 Å². The monoisotopic (exact) mass is 428 g/mol. The number of ketones is 1. The second-order valence-corrected chi connectivity index (χ2v) is 8.89. The van der Waals surface area contributed by atoms with Gasteiger partial charge in [-0.15, -0.1) is 0 Å². The summed E-state index contributed by atoms with van der Waals surface area (Å²) in [6.07, 6.45) is 3.94. The summed E-state index contributed by atoms with van der Waals surface area (Å²) < 4.78 is 5.98. The van der Waals surface area contributed by atoms with Gasteiger partial charge in [0.25, 0.3) is 0 Å². The van der Waals surface area contributed by atoms with Crippen LogP contribution in [-0.4, -0.2) is 41.8 Å². The second kappa shape index (κ2) is 8.36. The minimum atomic E-state index is -0.792. The van der Waals surface area contributed by atoms with Gasteiger partial charge in [0, 0.05) is 17.6 Å². The van der Waals surface area contributed by atoms with Gasteiger partial charge in [-0.05, 0) is 68.6 Å². The van der Waals surface area contributed by atoms with Crippen molar-refractivity contribution in [3.8, 4) is 5.75 Å². The molecule has 0 amide bonds. The highest BCUT2D eigenvalue weighted by Crippen LogP contribution is 2.43. The van der Waals surface area contributed by atoms with E-state index in [1.165, 1.54) is 12.5 Å². The molecule has 0 bridgehead atoms. The maximum atomic E-state index is 13.9. The van der Waals surface area contributed by atoms with Gasteiger partial charge in [-0.2, -0.15) is 0 Å². The van der Waals surface area contributed by atoms with Crippen LogP contribution < -0.4 is 4.74 Å². The van der Waals surface area contributed by atoms with Crippen LogP contribution in [0.3, 0.4) is 0 Å². The maximum absolute atomic E-state index is 13.9. The van der Waals surface area contributed by atoms with E-state index in [1.807, 2.05) is 24.3 Å². The molecule has 2 heterocycles. The summed E-state index contributed by atoms with van der Waals surface area (Å²) in [7, 11) is 0. The molecule has 0 aliphatic carbocycles. The normalized spacial score (nSPS) is 21.7. The minimum Gasteiger partial charge on any atom is -0.485 e. The lowest BCUT2D eigenvalue weighted by atomic mass is 9.73. The quantitative estimate of drug-likeness (QED) is 0.503. The van der Waals surface area contributed by atoms with Crippen molar-refractivity contribution in [3.63, 3.8) is 0 Å². The summed E-state index contributed by atoms with van der Waals surface area (Å²) in [5.41, 5.74) is 1.06. The zero-order valence-corrected chi connectivity index (χ0v) is 17.8. The van der Waals surface area contributed by atoms with Gasteiger partial charge in [-0.3, -0.25) is 14.9 Å². The third-order valence-corrected chi connectivity index (χ3v) is 6.31. The van der Waals surface area contributed by atoms with Crippen molar-refractivity contribution in [2.75, 3.05) is 26.2 Å². The third kappa shape index (κ3) is 4.07. The zero-order chi connectivity index (χ0) is 21.3.